The molecule has 2 N–H and O–H groups in total. The molecule has 0 aliphatic heterocycles. The number of halogens is 3. The summed E-state index contributed by atoms with van der Waals surface area (Å²) in [5.41, 5.74) is 0.105. The zero-order valence-electron chi connectivity index (χ0n) is 18.2. The number of nitrogens with one attached hydrogen (secondary N) is 2. The summed E-state index contributed by atoms with van der Waals surface area (Å²) < 4.78 is 49.2. The van der Waals surface area contributed by atoms with Gasteiger partial charge in [0.25, 0.3) is 11.8 Å². The van der Waals surface area contributed by atoms with Crippen molar-refractivity contribution >= 4 is 35.0 Å². The molecule has 0 fully saturated rings. The number of para-hydroxylation sites is 1. The van der Waals surface area contributed by atoms with E-state index in [2.05, 4.69) is 10.6 Å². The molecular formula is C24H21F3N2O4S. The minimum absolute atomic E-state index is 0.00654. The number of benzene rings is 3. The Labute approximate surface area is 198 Å². The highest BCUT2D eigenvalue weighted by Gasteiger charge is 2.30. The number of amides is 2. The van der Waals surface area contributed by atoms with E-state index < -0.39 is 24.3 Å². The maximum absolute atomic E-state index is 12.8. The molecule has 0 aliphatic carbocycles. The molecule has 0 saturated carbocycles. The van der Waals surface area contributed by atoms with Crippen molar-refractivity contribution in [2.24, 2.45) is 0 Å². The van der Waals surface area contributed by atoms with Crippen molar-refractivity contribution in [1.82, 2.24) is 0 Å². The lowest BCUT2D eigenvalue weighted by molar-refractivity contribution is -0.137. The Hall–Kier alpha value is -3.66. The third-order valence-electron chi connectivity index (χ3n) is 4.61. The summed E-state index contributed by atoms with van der Waals surface area (Å²) in [6, 6.07) is 16.1. The van der Waals surface area contributed by atoms with Gasteiger partial charge >= 0.3 is 6.18 Å². The van der Waals surface area contributed by atoms with Crippen molar-refractivity contribution in [2.75, 3.05) is 30.6 Å². The van der Waals surface area contributed by atoms with Gasteiger partial charge in [-0.3, -0.25) is 9.59 Å². The van der Waals surface area contributed by atoms with E-state index in [4.69, 9.17) is 9.47 Å². The van der Waals surface area contributed by atoms with Crippen molar-refractivity contribution in [3.63, 3.8) is 0 Å². The van der Waals surface area contributed by atoms with Crippen LogP contribution < -0.4 is 20.1 Å². The van der Waals surface area contributed by atoms with Gasteiger partial charge in [-0.1, -0.05) is 18.2 Å². The van der Waals surface area contributed by atoms with Gasteiger partial charge in [0.1, 0.15) is 0 Å². The Morgan fingerprint density at radius 2 is 1.71 bits per heavy atom. The Morgan fingerprint density at radius 3 is 2.41 bits per heavy atom. The summed E-state index contributed by atoms with van der Waals surface area (Å²) in [5, 5.41) is 5.20. The average Bonchev–Trinajstić information content (AvgIpc) is 2.82. The number of rotatable bonds is 8. The predicted octanol–water partition coefficient (Wildman–Crippen LogP) is 5.71. The van der Waals surface area contributed by atoms with Gasteiger partial charge in [0.2, 0.25) is 0 Å². The molecule has 10 heteroatoms. The number of methoxy groups -OCH3 is 1. The molecule has 0 bridgehead atoms. The quantitative estimate of drug-likeness (QED) is 0.396. The number of thioether (sulfide) groups is 1. The van der Waals surface area contributed by atoms with Crippen LogP contribution >= 0.6 is 11.8 Å². The molecule has 0 unspecified atom stereocenters. The van der Waals surface area contributed by atoms with Crippen LogP contribution in [0.1, 0.15) is 15.9 Å². The molecule has 3 rings (SSSR count). The zero-order valence-corrected chi connectivity index (χ0v) is 19.0. The van der Waals surface area contributed by atoms with Crippen molar-refractivity contribution < 1.29 is 32.2 Å². The summed E-state index contributed by atoms with van der Waals surface area (Å²) in [5.74, 6) is -0.592. The lowest BCUT2D eigenvalue weighted by atomic mass is 10.2. The van der Waals surface area contributed by atoms with Gasteiger partial charge in [0.05, 0.1) is 18.4 Å². The predicted molar refractivity (Wildman–Crippen MR) is 125 cm³/mol. The smallest absolute Gasteiger partial charge is 0.416 e. The Morgan fingerprint density at radius 1 is 0.941 bits per heavy atom. The molecule has 0 saturated heterocycles. The maximum Gasteiger partial charge on any atom is 0.416 e. The highest BCUT2D eigenvalue weighted by Crippen LogP contribution is 2.31. The lowest BCUT2D eigenvalue weighted by Crippen LogP contribution is -2.21. The van der Waals surface area contributed by atoms with Gasteiger partial charge < -0.3 is 20.1 Å². The molecule has 34 heavy (non-hydrogen) atoms. The van der Waals surface area contributed by atoms with Gasteiger partial charge in [-0.05, 0) is 54.8 Å². The summed E-state index contributed by atoms with van der Waals surface area (Å²) in [4.78, 5) is 25.7. The number of anilines is 2. The first-order valence-corrected chi connectivity index (χ1v) is 11.2. The summed E-state index contributed by atoms with van der Waals surface area (Å²) in [7, 11) is 1.38. The molecule has 0 heterocycles. The van der Waals surface area contributed by atoms with E-state index in [9.17, 15) is 22.8 Å². The normalized spacial score (nSPS) is 11.0. The molecule has 0 aliphatic rings. The fraction of sp³-hybridized carbons (Fsp3) is 0.167. The van der Waals surface area contributed by atoms with Crippen LogP contribution in [0.15, 0.2) is 71.6 Å². The van der Waals surface area contributed by atoms with E-state index in [0.717, 1.165) is 17.0 Å². The third kappa shape index (κ3) is 6.44. The molecule has 6 nitrogen and oxygen atoms in total. The van der Waals surface area contributed by atoms with Crippen LogP contribution in [0.4, 0.5) is 24.5 Å². The fourth-order valence-electron chi connectivity index (χ4n) is 2.98. The SMILES string of the molecule is COc1cc(C(=O)Nc2ccccc2SC)ccc1OCC(=O)Nc1cccc(C(F)(F)F)c1. The number of carbonyl (C=O) groups excluding carboxylic acids is 2. The molecular weight excluding hydrogens is 469 g/mol. The molecule has 178 valence electrons. The van der Waals surface area contributed by atoms with E-state index in [-0.39, 0.29) is 23.1 Å². The highest BCUT2D eigenvalue weighted by atomic mass is 32.2. The van der Waals surface area contributed by atoms with Crippen LogP contribution in [-0.2, 0) is 11.0 Å². The Balaban J connectivity index is 1.64. The van der Waals surface area contributed by atoms with Crippen LogP contribution in [0.5, 0.6) is 11.5 Å². The van der Waals surface area contributed by atoms with E-state index in [0.29, 0.717) is 11.3 Å². The summed E-state index contributed by atoms with van der Waals surface area (Å²) in [6.45, 7) is -0.473. The highest BCUT2D eigenvalue weighted by molar-refractivity contribution is 7.98. The first kappa shape index (κ1) is 25.0. The second kappa shape index (κ2) is 11.0. The molecule has 3 aromatic carbocycles. The number of carbonyl (C=O) groups is 2. The van der Waals surface area contributed by atoms with E-state index in [1.807, 2.05) is 24.5 Å². The minimum Gasteiger partial charge on any atom is -0.493 e. The second-order valence-corrected chi connectivity index (χ2v) is 7.78. The largest absolute Gasteiger partial charge is 0.493 e. The molecule has 0 atom stereocenters. The van der Waals surface area contributed by atoms with Crippen molar-refractivity contribution in [3.8, 4) is 11.5 Å². The van der Waals surface area contributed by atoms with Crippen LogP contribution in [-0.4, -0.2) is 31.8 Å². The van der Waals surface area contributed by atoms with E-state index in [1.165, 1.54) is 49.2 Å². The molecule has 2 amide bonds. The van der Waals surface area contributed by atoms with Crippen LogP contribution in [0.3, 0.4) is 0 Å². The van der Waals surface area contributed by atoms with Gasteiger partial charge in [0.15, 0.2) is 18.1 Å². The van der Waals surface area contributed by atoms with Crippen molar-refractivity contribution in [2.45, 2.75) is 11.1 Å². The number of hydrogen-bond acceptors (Lipinski definition) is 5. The van der Waals surface area contributed by atoms with Crippen molar-refractivity contribution in [3.05, 3.63) is 77.9 Å². The molecule has 0 aromatic heterocycles. The second-order valence-electron chi connectivity index (χ2n) is 6.94. The zero-order chi connectivity index (χ0) is 24.7. The standard InChI is InChI=1S/C24H21F3N2O4S/c1-32-20-12-15(23(31)29-18-8-3-4-9-21(18)34-2)10-11-19(20)33-14-22(30)28-17-7-5-6-16(13-17)24(25,26)27/h3-13H,14H2,1-2H3,(H,28,30)(H,29,31). The number of hydrogen-bond donors (Lipinski definition) is 2. The Bertz CT molecular complexity index is 1180. The van der Waals surface area contributed by atoms with Crippen molar-refractivity contribution in [1.29, 1.82) is 0 Å². The van der Waals surface area contributed by atoms with E-state index in [1.54, 1.807) is 6.07 Å². The summed E-state index contributed by atoms with van der Waals surface area (Å²) >= 11 is 1.50. The number of ether oxygens (including phenoxy) is 2. The van der Waals surface area contributed by atoms with Gasteiger partial charge in [0, 0.05) is 16.1 Å². The minimum atomic E-state index is -4.52. The molecule has 3 aromatic rings. The van der Waals surface area contributed by atoms with Gasteiger partial charge in [-0.25, -0.2) is 0 Å². The van der Waals surface area contributed by atoms with E-state index >= 15 is 0 Å². The van der Waals surface area contributed by atoms with Crippen LogP contribution in [0.2, 0.25) is 0 Å². The Kier molecular flexibility index (Phi) is 8.06. The lowest BCUT2D eigenvalue weighted by Gasteiger charge is -2.14. The molecule has 0 spiro atoms. The topological polar surface area (TPSA) is 76.7 Å². The van der Waals surface area contributed by atoms with Gasteiger partial charge in [-0.2, -0.15) is 13.2 Å². The fourth-order valence-corrected chi connectivity index (χ4v) is 3.54. The van der Waals surface area contributed by atoms with Crippen LogP contribution in [0.25, 0.3) is 0 Å². The maximum atomic E-state index is 12.8. The number of alkyl halides is 3. The molecule has 0 radical (unpaired) electrons. The monoisotopic (exact) mass is 490 g/mol. The average molecular weight is 491 g/mol. The first-order chi connectivity index (χ1) is 16.2. The summed E-state index contributed by atoms with van der Waals surface area (Å²) in [6.07, 6.45) is -2.61. The van der Waals surface area contributed by atoms with Crippen LogP contribution in [0, 0.1) is 0 Å². The first-order valence-electron chi connectivity index (χ1n) is 9.93. The van der Waals surface area contributed by atoms with Gasteiger partial charge in [-0.15, -0.1) is 11.8 Å². The third-order valence-corrected chi connectivity index (χ3v) is 5.41.